The van der Waals surface area contributed by atoms with Crippen molar-refractivity contribution < 1.29 is 9.15 Å². The Bertz CT molecular complexity index is 1120. The molecular formula is C23H18O2. The van der Waals surface area contributed by atoms with Crippen molar-refractivity contribution in [2.45, 2.75) is 0 Å². The summed E-state index contributed by atoms with van der Waals surface area (Å²) in [5, 5.41) is 2.20. The van der Waals surface area contributed by atoms with Crippen molar-refractivity contribution in [3.05, 3.63) is 101 Å². The number of fused-ring (bicyclic) bond motifs is 1. The summed E-state index contributed by atoms with van der Waals surface area (Å²) < 4.78 is 11.7. The van der Waals surface area contributed by atoms with Crippen molar-refractivity contribution in [1.82, 2.24) is 0 Å². The van der Waals surface area contributed by atoms with Gasteiger partial charge in [0, 0.05) is 16.3 Å². The maximum absolute atomic E-state index is 6.21. The molecule has 0 spiro atoms. The molecule has 2 heteroatoms. The molecule has 0 saturated heterocycles. The largest absolute Gasteiger partial charge is 0.496 e. The van der Waals surface area contributed by atoms with Crippen LogP contribution in [0.25, 0.3) is 22.9 Å². The lowest BCUT2D eigenvalue weighted by molar-refractivity contribution is 0.413. The van der Waals surface area contributed by atoms with Crippen LogP contribution in [0.3, 0.4) is 0 Å². The van der Waals surface area contributed by atoms with Crippen molar-refractivity contribution in [1.29, 1.82) is 0 Å². The number of ether oxygens (including phenoxy) is 1. The Hall–Kier alpha value is -3.26. The van der Waals surface area contributed by atoms with Crippen LogP contribution in [0.4, 0.5) is 0 Å². The van der Waals surface area contributed by atoms with E-state index < -0.39 is 0 Å². The standard InChI is InChI=1S/C23H18O2/c1-24-21-14-8-5-11-18(21)16-23-20-13-7-6-12-19(20)22(25-23)15-17-9-3-2-4-10-17/h2-16H,1H3/b22-15-,23-16-. The van der Waals surface area contributed by atoms with E-state index in [0.29, 0.717) is 0 Å². The van der Waals surface area contributed by atoms with Crippen LogP contribution >= 0.6 is 0 Å². The van der Waals surface area contributed by atoms with Gasteiger partial charge in [0.2, 0.25) is 0 Å². The topological polar surface area (TPSA) is 22.4 Å². The first kappa shape index (κ1) is 15.3. The van der Waals surface area contributed by atoms with E-state index >= 15 is 0 Å². The molecule has 122 valence electrons. The second-order valence-corrected chi connectivity index (χ2v) is 5.82. The summed E-state index contributed by atoms with van der Waals surface area (Å²) in [5.41, 5.74) is 3.81. The molecule has 0 saturated carbocycles. The quantitative estimate of drug-likeness (QED) is 0.565. The minimum atomic E-state index is 0.830. The Morgan fingerprint density at radius 1 is 0.680 bits per heavy atom. The van der Waals surface area contributed by atoms with Gasteiger partial charge in [-0.2, -0.15) is 0 Å². The third-order valence-electron chi connectivity index (χ3n) is 4.20. The molecule has 4 rings (SSSR count). The summed E-state index contributed by atoms with van der Waals surface area (Å²) in [6, 6.07) is 26.4. The van der Waals surface area contributed by atoms with Gasteiger partial charge in [0.15, 0.2) is 0 Å². The van der Waals surface area contributed by atoms with E-state index in [2.05, 4.69) is 30.3 Å². The smallest absolute Gasteiger partial charge is 0.136 e. The van der Waals surface area contributed by atoms with Crippen LogP contribution in [-0.2, 0) is 0 Å². The van der Waals surface area contributed by atoms with Gasteiger partial charge in [-0.3, -0.25) is 0 Å². The fourth-order valence-electron chi connectivity index (χ4n) is 2.98. The van der Waals surface area contributed by atoms with Crippen LogP contribution in [0, 0.1) is 0 Å². The number of rotatable bonds is 3. The highest BCUT2D eigenvalue weighted by molar-refractivity contribution is 5.85. The lowest BCUT2D eigenvalue weighted by atomic mass is 10.1. The van der Waals surface area contributed by atoms with Gasteiger partial charge in [-0.05, 0) is 23.8 Å². The van der Waals surface area contributed by atoms with E-state index in [1.807, 2.05) is 60.7 Å². The number of furan rings is 1. The van der Waals surface area contributed by atoms with Crippen LogP contribution < -0.4 is 15.6 Å². The van der Waals surface area contributed by atoms with E-state index in [9.17, 15) is 0 Å². The molecule has 25 heavy (non-hydrogen) atoms. The summed E-state index contributed by atoms with van der Waals surface area (Å²) in [7, 11) is 1.68. The second kappa shape index (κ2) is 6.70. The van der Waals surface area contributed by atoms with Crippen LogP contribution in [0.5, 0.6) is 5.75 Å². The first-order chi connectivity index (χ1) is 12.3. The highest BCUT2D eigenvalue weighted by Gasteiger charge is 2.05. The van der Waals surface area contributed by atoms with Crippen molar-refractivity contribution in [3.63, 3.8) is 0 Å². The zero-order chi connectivity index (χ0) is 17.1. The predicted octanol–water partition coefficient (Wildman–Crippen LogP) is 4.10. The van der Waals surface area contributed by atoms with Gasteiger partial charge < -0.3 is 9.15 Å². The summed E-state index contributed by atoms with van der Waals surface area (Å²) in [4.78, 5) is 0. The maximum Gasteiger partial charge on any atom is 0.136 e. The molecule has 1 heterocycles. The second-order valence-electron chi connectivity index (χ2n) is 5.82. The van der Waals surface area contributed by atoms with Gasteiger partial charge in [-0.1, -0.05) is 72.8 Å². The molecule has 0 amide bonds. The van der Waals surface area contributed by atoms with Crippen molar-refractivity contribution in [3.8, 4) is 5.75 Å². The number of benzene rings is 3. The highest BCUT2D eigenvalue weighted by atomic mass is 16.5. The summed E-state index contributed by atoms with van der Waals surface area (Å²) in [6.45, 7) is 0. The van der Waals surface area contributed by atoms with Gasteiger partial charge in [0.1, 0.15) is 16.6 Å². The molecule has 0 unspecified atom stereocenters. The normalized spacial score (nSPS) is 12.7. The molecule has 0 aliphatic carbocycles. The molecule has 0 radical (unpaired) electrons. The number of hydrogen-bond donors (Lipinski definition) is 0. The van der Waals surface area contributed by atoms with Crippen molar-refractivity contribution in [2.75, 3.05) is 7.11 Å². The maximum atomic E-state index is 6.21. The minimum Gasteiger partial charge on any atom is -0.496 e. The van der Waals surface area contributed by atoms with E-state index in [4.69, 9.17) is 9.15 Å². The number of methoxy groups -OCH3 is 1. The Labute approximate surface area is 146 Å². The minimum absolute atomic E-state index is 0.830. The number of hydrogen-bond acceptors (Lipinski definition) is 2. The Balaban J connectivity index is 1.98. The van der Waals surface area contributed by atoms with Gasteiger partial charge in [0.05, 0.1) is 7.11 Å². The van der Waals surface area contributed by atoms with Crippen molar-refractivity contribution >= 4 is 22.9 Å². The van der Waals surface area contributed by atoms with E-state index in [-0.39, 0.29) is 0 Å². The molecule has 2 nitrogen and oxygen atoms in total. The Morgan fingerprint density at radius 2 is 1.28 bits per heavy atom. The monoisotopic (exact) mass is 326 g/mol. The number of para-hydroxylation sites is 1. The van der Waals surface area contributed by atoms with Gasteiger partial charge in [-0.25, -0.2) is 0 Å². The average molecular weight is 326 g/mol. The van der Waals surface area contributed by atoms with Gasteiger partial charge >= 0.3 is 0 Å². The van der Waals surface area contributed by atoms with Crippen molar-refractivity contribution in [2.24, 2.45) is 0 Å². The molecular weight excluding hydrogens is 308 g/mol. The summed E-state index contributed by atoms with van der Waals surface area (Å²) in [6.07, 6.45) is 4.10. The Kier molecular flexibility index (Phi) is 4.09. The fraction of sp³-hybridized carbons (Fsp3) is 0.0435. The third-order valence-corrected chi connectivity index (χ3v) is 4.20. The Morgan fingerprint density at radius 3 is 2.00 bits per heavy atom. The fourth-order valence-corrected chi connectivity index (χ4v) is 2.98. The lowest BCUT2D eigenvalue weighted by Gasteiger charge is -2.02. The summed E-state index contributed by atoms with van der Waals surface area (Å²) in [5.74, 6) is 0.830. The van der Waals surface area contributed by atoms with Gasteiger partial charge in [-0.15, -0.1) is 0 Å². The zero-order valence-corrected chi connectivity index (χ0v) is 14.0. The first-order valence-corrected chi connectivity index (χ1v) is 8.24. The summed E-state index contributed by atoms with van der Waals surface area (Å²) >= 11 is 0. The lowest BCUT2D eigenvalue weighted by Crippen LogP contribution is -2.01. The van der Waals surface area contributed by atoms with Crippen LogP contribution in [-0.4, -0.2) is 7.11 Å². The molecule has 0 aliphatic heterocycles. The molecule has 0 N–H and O–H groups in total. The van der Waals surface area contributed by atoms with E-state index in [1.54, 1.807) is 7.11 Å². The molecule has 0 aliphatic rings. The molecule has 0 bridgehead atoms. The molecule has 0 atom stereocenters. The van der Waals surface area contributed by atoms with Gasteiger partial charge in [0.25, 0.3) is 0 Å². The predicted molar refractivity (Wildman–Crippen MR) is 102 cm³/mol. The van der Waals surface area contributed by atoms with Crippen LogP contribution in [0.2, 0.25) is 0 Å². The highest BCUT2D eigenvalue weighted by Crippen LogP contribution is 2.18. The van der Waals surface area contributed by atoms with E-state index in [1.165, 1.54) is 0 Å². The molecule has 4 aromatic rings. The average Bonchev–Trinajstić information content (AvgIpc) is 3.01. The third kappa shape index (κ3) is 3.07. The zero-order valence-electron chi connectivity index (χ0n) is 14.0. The first-order valence-electron chi connectivity index (χ1n) is 8.24. The molecule has 0 fully saturated rings. The van der Waals surface area contributed by atoms with E-state index in [0.717, 1.165) is 38.5 Å². The molecule has 1 aromatic heterocycles. The van der Waals surface area contributed by atoms with Crippen LogP contribution in [0.15, 0.2) is 83.3 Å². The van der Waals surface area contributed by atoms with Crippen LogP contribution in [0.1, 0.15) is 11.1 Å². The SMILES string of the molecule is COc1ccccc1/C=c1\o/c(=C\c2ccccc2)c2ccccc12. The molecule has 3 aromatic carbocycles.